The number of hydrogen-bond donors (Lipinski definition) is 1. The first-order valence-electron chi connectivity index (χ1n) is 12.3. The highest BCUT2D eigenvalue weighted by atomic mass is 35.5. The summed E-state index contributed by atoms with van der Waals surface area (Å²) >= 11 is 12.6. The van der Waals surface area contributed by atoms with Gasteiger partial charge in [0.2, 0.25) is 0 Å². The van der Waals surface area contributed by atoms with E-state index in [1.165, 1.54) is 6.33 Å². The van der Waals surface area contributed by atoms with E-state index in [1.54, 1.807) is 23.1 Å². The van der Waals surface area contributed by atoms with Crippen molar-refractivity contribution in [3.05, 3.63) is 46.5 Å². The number of carboxylic acids is 1. The van der Waals surface area contributed by atoms with Gasteiger partial charge in [0.1, 0.15) is 12.7 Å². The van der Waals surface area contributed by atoms with Crippen LogP contribution in [0.5, 0.6) is 0 Å². The molecule has 1 aliphatic carbocycles. The van der Waals surface area contributed by atoms with Crippen molar-refractivity contribution in [2.75, 3.05) is 0 Å². The highest BCUT2D eigenvalue weighted by molar-refractivity contribution is 6.35. The van der Waals surface area contributed by atoms with Crippen molar-refractivity contribution in [1.29, 1.82) is 0 Å². The van der Waals surface area contributed by atoms with Gasteiger partial charge in [-0.1, -0.05) is 77.2 Å². The molecule has 3 rings (SSSR count). The summed E-state index contributed by atoms with van der Waals surface area (Å²) in [6, 6.07) is 5.24. The first-order chi connectivity index (χ1) is 16.4. The molecule has 1 saturated carbocycles. The predicted octanol–water partition coefficient (Wildman–Crippen LogP) is 7.18. The fourth-order valence-corrected chi connectivity index (χ4v) is 5.67. The van der Waals surface area contributed by atoms with E-state index in [4.69, 9.17) is 27.9 Å². The van der Waals surface area contributed by atoms with E-state index >= 15 is 0 Å². The lowest BCUT2D eigenvalue weighted by atomic mass is 9.73. The number of rotatable bonds is 8. The number of aliphatic carboxylic acids is 1. The Kier molecular flexibility index (Phi) is 9.06. The summed E-state index contributed by atoms with van der Waals surface area (Å²) in [5.41, 5.74) is 0.885. The van der Waals surface area contributed by atoms with Crippen molar-refractivity contribution in [3.63, 3.8) is 0 Å². The van der Waals surface area contributed by atoms with Crippen molar-refractivity contribution in [3.8, 4) is 0 Å². The predicted molar refractivity (Wildman–Crippen MR) is 141 cm³/mol. The summed E-state index contributed by atoms with van der Waals surface area (Å²) in [4.78, 5) is 16.9. The Hall–Kier alpha value is -1.89. The van der Waals surface area contributed by atoms with Gasteiger partial charge >= 0.3 is 5.97 Å². The van der Waals surface area contributed by atoms with Crippen LogP contribution in [-0.4, -0.2) is 38.0 Å². The van der Waals surface area contributed by atoms with E-state index in [9.17, 15) is 9.90 Å². The van der Waals surface area contributed by atoms with Crippen LogP contribution < -0.4 is 0 Å². The van der Waals surface area contributed by atoms with Crippen molar-refractivity contribution >= 4 is 40.9 Å². The zero-order valence-electron chi connectivity index (χ0n) is 21.4. The van der Waals surface area contributed by atoms with Gasteiger partial charge in [0.05, 0.1) is 11.8 Å². The van der Waals surface area contributed by atoms with Crippen LogP contribution in [0.1, 0.15) is 66.4 Å². The Morgan fingerprint density at radius 1 is 1.26 bits per heavy atom. The summed E-state index contributed by atoms with van der Waals surface area (Å²) in [7, 11) is 0. The Labute approximate surface area is 218 Å². The van der Waals surface area contributed by atoms with Crippen LogP contribution in [0.25, 0.3) is 11.8 Å². The Morgan fingerprint density at radius 2 is 1.97 bits per heavy atom. The summed E-state index contributed by atoms with van der Waals surface area (Å²) < 4.78 is 8.21. The van der Waals surface area contributed by atoms with Crippen LogP contribution in [0.15, 0.2) is 30.9 Å². The second kappa shape index (κ2) is 11.4. The van der Waals surface area contributed by atoms with Gasteiger partial charge in [-0.25, -0.2) is 14.5 Å². The third-order valence-electron chi connectivity index (χ3n) is 7.03. The number of ether oxygens (including phenoxy) is 1. The molecule has 0 radical (unpaired) electrons. The van der Waals surface area contributed by atoms with Crippen LogP contribution in [0.3, 0.4) is 0 Å². The monoisotopic (exact) mass is 521 g/mol. The van der Waals surface area contributed by atoms with E-state index in [2.05, 4.69) is 30.9 Å². The van der Waals surface area contributed by atoms with Gasteiger partial charge in [0.25, 0.3) is 0 Å². The molecule has 5 atom stereocenters. The van der Waals surface area contributed by atoms with E-state index in [1.807, 2.05) is 32.9 Å². The lowest BCUT2D eigenvalue weighted by Gasteiger charge is -2.42. The Morgan fingerprint density at radius 3 is 2.51 bits per heavy atom. The lowest BCUT2D eigenvalue weighted by molar-refractivity contribution is -0.168. The lowest BCUT2D eigenvalue weighted by Crippen LogP contribution is -2.46. The second-order valence-corrected chi connectivity index (χ2v) is 12.0. The third-order valence-corrected chi connectivity index (χ3v) is 7.59. The van der Waals surface area contributed by atoms with Crippen LogP contribution in [0.4, 0.5) is 0 Å². The molecule has 0 aliphatic heterocycles. The zero-order valence-corrected chi connectivity index (χ0v) is 22.9. The SMILES string of the molecule is CC1CCC(C(C)C)C(OC(C(=O)O)C(/C(=C/c2ccc(Cl)cc2Cl)n2cncn2)C(C)(C)C)C1. The summed E-state index contributed by atoms with van der Waals surface area (Å²) in [6.45, 7) is 12.7. The average molecular weight is 523 g/mol. The molecule has 0 bridgehead atoms. The van der Waals surface area contributed by atoms with Crippen molar-refractivity contribution in [2.24, 2.45) is 29.1 Å². The molecule has 0 spiro atoms. The molecule has 0 amide bonds. The molecule has 1 N–H and O–H groups in total. The molecule has 1 aromatic carbocycles. The molecule has 1 aromatic heterocycles. The molecule has 0 saturated heterocycles. The number of nitrogens with zero attached hydrogens (tertiary/aromatic N) is 3. The maximum Gasteiger partial charge on any atom is 0.333 e. The second-order valence-electron chi connectivity index (χ2n) is 11.2. The summed E-state index contributed by atoms with van der Waals surface area (Å²) in [5.74, 6) is -0.306. The van der Waals surface area contributed by atoms with Gasteiger partial charge in [0, 0.05) is 16.0 Å². The normalized spacial score (nSPS) is 23.3. The van der Waals surface area contributed by atoms with Gasteiger partial charge in [-0.05, 0) is 59.8 Å². The number of aromatic nitrogens is 3. The van der Waals surface area contributed by atoms with Crippen LogP contribution >= 0.6 is 23.2 Å². The fraction of sp³-hybridized carbons (Fsp3) is 0.593. The average Bonchev–Trinajstić information content (AvgIpc) is 3.27. The minimum Gasteiger partial charge on any atom is -0.479 e. The van der Waals surface area contributed by atoms with Crippen molar-refractivity contribution in [1.82, 2.24) is 14.8 Å². The first kappa shape index (κ1) is 27.7. The summed E-state index contributed by atoms with van der Waals surface area (Å²) in [5, 5.41) is 15.8. The van der Waals surface area contributed by atoms with E-state index in [-0.39, 0.29) is 6.10 Å². The van der Waals surface area contributed by atoms with Gasteiger partial charge in [0.15, 0.2) is 6.10 Å². The standard InChI is InChI=1S/C27H37Cl2N3O3/c1-16(2)20-10-7-17(3)11-23(20)35-25(26(33)34)24(27(4,5)6)22(32-15-30-14-31-32)12-18-8-9-19(28)13-21(18)29/h8-9,12-17,20,23-25H,7,10-11H2,1-6H3,(H,33,34)/b22-12-. The molecule has 2 aromatic rings. The molecular weight excluding hydrogens is 485 g/mol. The summed E-state index contributed by atoms with van der Waals surface area (Å²) in [6.07, 6.45) is 6.72. The van der Waals surface area contributed by atoms with Crippen LogP contribution in [0.2, 0.25) is 10.0 Å². The fourth-order valence-electron chi connectivity index (χ4n) is 5.21. The van der Waals surface area contributed by atoms with Gasteiger partial charge < -0.3 is 9.84 Å². The number of benzene rings is 1. The number of carboxylic acid groups (broad SMARTS) is 1. The van der Waals surface area contributed by atoms with E-state index in [0.29, 0.717) is 39.1 Å². The first-order valence-corrected chi connectivity index (χ1v) is 13.0. The molecule has 1 heterocycles. The molecule has 1 aliphatic rings. The van der Waals surface area contributed by atoms with E-state index < -0.39 is 23.4 Å². The highest BCUT2D eigenvalue weighted by Crippen LogP contribution is 2.43. The number of halogens is 2. The molecule has 5 unspecified atom stereocenters. The maximum absolute atomic E-state index is 12.8. The third kappa shape index (κ3) is 6.87. The molecule has 35 heavy (non-hydrogen) atoms. The topological polar surface area (TPSA) is 77.2 Å². The van der Waals surface area contributed by atoms with Crippen LogP contribution in [0, 0.1) is 29.1 Å². The molecular formula is C27H37Cl2N3O3. The molecule has 1 fully saturated rings. The smallest absolute Gasteiger partial charge is 0.333 e. The largest absolute Gasteiger partial charge is 0.479 e. The van der Waals surface area contributed by atoms with E-state index in [0.717, 1.165) is 19.3 Å². The zero-order chi connectivity index (χ0) is 25.9. The van der Waals surface area contributed by atoms with Crippen molar-refractivity contribution < 1.29 is 14.6 Å². The van der Waals surface area contributed by atoms with Crippen LogP contribution in [-0.2, 0) is 9.53 Å². The minimum absolute atomic E-state index is 0.124. The van der Waals surface area contributed by atoms with Crippen molar-refractivity contribution in [2.45, 2.75) is 73.0 Å². The quantitative estimate of drug-likeness (QED) is 0.398. The molecule has 8 heteroatoms. The van der Waals surface area contributed by atoms with Gasteiger partial charge in [-0.15, -0.1) is 0 Å². The maximum atomic E-state index is 12.8. The highest BCUT2D eigenvalue weighted by Gasteiger charge is 2.44. The minimum atomic E-state index is -1.08. The molecule has 192 valence electrons. The Balaban J connectivity index is 2.12. The number of hydrogen-bond acceptors (Lipinski definition) is 4. The Bertz CT molecular complexity index is 1030. The van der Waals surface area contributed by atoms with Gasteiger partial charge in [-0.3, -0.25) is 0 Å². The van der Waals surface area contributed by atoms with Gasteiger partial charge in [-0.2, -0.15) is 5.10 Å². The molecule has 6 nitrogen and oxygen atoms in total. The number of carbonyl (C=O) groups is 1.